The van der Waals surface area contributed by atoms with Crippen LogP contribution in [0.1, 0.15) is 16.8 Å². The molecule has 0 aliphatic rings. The van der Waals surface area contributed by atoms with Crippen molar-refractivity contribution < 1.29 is 4.79 Å². The van der Waals surface area contributed by atoms with Gasteiger partial charge in [-0.3, -0.25) is 4.79 Å². The van der Waals surface area contributed by atoms with E-state index in [4.69, 9.17) is 0 Å². The Kier molecular flexibility index (Phi) is 2.71. The van der Waals surface area contributed by atoms with Crippen LogP contribution < -0.4 is 0 Å². The molecule has 1 nitrogen and oxygen atoms in total. The minimum atomic E-state index is 0.0564. The zero-order valence-corrected chi connectivity index (χ0v) is 6.97. The molecule has 2 heteroatoms. The van der Waals surface area contributed by atoms with Gasteiger partial charge in [0.15, 0.2) is 5.78 Å². The number of Topliss-reactive ketones (excluding diaryl/α,β-unsaturated/α-hetero) is 1. The lowest BCUT2D eigenvalue weighted by atomic mass is 10.1. The molecule has 1 rings (SSSR count). The highest BCUT2D eigenvalue weighted by molar-refractivity contribution is 7.80. The normalized spacial score (nSPS) is 9.64. The SMILES string of the molecule is [CH2]CC(=O)c1cccc(S)c1. The molecule has 0 saturated heterocycles. The fourth-order valence-corrected chi connectivity index (χ4v) is 1.05. The van der Waals surface area contributed by atoms with Crippen LogP contribution in [0.5, 0.6) is 0 Å². The number of rotatable bonds is 2. The molecule has 1 aromatic carbocycles. The highest BCUT2D eigenvalue weighted by Crippen LogP contribution is 2.10. The molecule has 0 aliphatic carbocycles. The Morgan fingerprint density at radius 2 is 2.27 bits per heavy atom. The van der Waals surface area contributed by atoms with Crippen molar-refractivity contribution in [1.29, 1.82) is 0 Å². The van der Waals surface area contributed by atoms with Crippen LogP contribution in [0.4, 0.5) is 0 Å². The molecular formula is C9H9OS. The number of hydrogen-bond acceptors (Lipinski definition) is 2. The number of carbonyl (C=O) groups excluding carboxylic acids is 1. The quantitative estimate of drug-likeness (QED) is 0.526. The smallest absolute Gasteiger partial charge is 0.162 e. The minimum absolute atomic E-state index is 0.0564. The Hall–Kier alpha value is -0.760. The molecule has 0 N–H and O–H groups in total. The molecule has 1 aromatic rings. The van der Waals surface area contributed by atoms with Crippen LogP contribution in [-0.2, 0) is 0 Å². The maximum atomic E-state index is 11.1. The number of thiol groups is 1. The van der Waals surface area contributed by atoms with Crippen molar-refractivity contribution in [3.63, 3.8) is 0 Å². The van der Waals surface area contributed by atoms with Gasteiger partial charge in [-0.25, -0.2) is 0 Å². The summed E-state index contributed by atoms with van der Waals surface area (Å²) in [6.07, 6.45) is 0.303. The van der Waals surface area contributed by atoms with Crippen molar-refractivity contribution in [2.75, 3.05) is 0 Å². The summed E-state index contributed by atoms with van der Waals surface area (Å²) < 4.78 is 0. The van der Waals surface area contributed by atoms with Gasteiger partial charge in [0.2, 0.25) is 0 Å². The van der Waals surface area contributed by atoms with Crippen LogP contribution in [-0.4, -0.2) is 5.78 Å². The Morgan fingerprint density at radius 3 is 2.82 bits per heavy atom. The van der Waals surface area contributed by atoms with Gasteiger partial charge in [-0.2, -0.15) is 0 Å². The molecule has 0 saturated carbocycles. The second-order valence-electron chi connectivity index (χ2n) is 2.22. The Balaban J connectivity index is 2.96. The lowest BCUT2D eigenvalue weighted by Crippen LogP contribution is -1.95. The molecular weight excluding hydrogens is 156 g/mol. The first kappa shape index (κ1) is 8.34. The van der Waals surface area contributed by atoms with Crippen molar-refractivity contribution in [2.24, 2.45) is 0 Å². The third-order valence-corrected chi connectivity index (χ3v) is 1.67. The van der Waals surface area contributed by atoms with Gasteiger partial charge in [-0.05, 0) is 19.1 Å². The van der Waals surface area contributed by atoms with Crippen LogP contribution in [0.3, 0.4) is 0 Å². The fourth-order valence-electron chi connectivity index (χ4n) is 0.824. The fraction of sp³-hybridized carbons (Fsp3) is 0.111. The Bertz CT molecular complexity index is 268. The molecule has 0 heterocycles. The van der Waals surface area contributed by atoms with Crippen molar-refractivity contribution in [2.45, 2.75) is 11.3 Å². The zero-order chi connectivity index (χ0) is 8.27. The van der Waals surface area contributed by atoms with E-state index in [9.17, 15) is 4.79 Å². The summed E-state index contributed by atoms with van der Waals surface area (Å²) in [5, 5.41) is 0. The first-order valence-electron chi connectivity index (χ1n) is 3.35. The van der Waals surface area contributed by atoms with Crippen LogP contribution in [0.25, 0.3) is 0 Å². The summed E-state index contributed by atoms with van der Waals surface area (Å²) in [4.78, 5) is 11.9. The monoisotopic (exact) mass is 165 g/mol. The lowest BCUT2D eigenvalue weighted by Gasteiger charge is -1.96. The van der Waals surface area contributed by atoms with Gasteiger partial charge in [0.1, 0.15) is 0 Å². The highest BCUT2D eigenvalue weighted by Gasteiger charge is 2.00. The average molecular weight is 165 g/mol. The van der Waals surface area contributed by atoms with Crippen LogP contribution >= 0.6 is 12.6 Å². The van der Waals surface area contributed by atoms with Crippen LogP contribution in [0.15, 0.2) is 29.2 Å². The van der Waals surface area contributed by atoms with Crippen molar-refractivity contribution in [3.8, 4) is 0 Å². The van der Waals surface area contributed by atoms with Crippen molar-refractivity contribution in [3.05, 3.63) is 36.8 Å². The number of benzene rings is 1. The van der Waals surface area contributed by atoms with Crippen molar-refractivity contribution in [1.82, 2.24) is 0 Å². The molecule has 0 fully saturated rings. The summed E-state index contributed by atoms with van der Waals surface area (Å²) >= 11 is 4.11. The van der Waals surface area contributed by atoms with E-state index in [1.807, 2.05) is 12.1 Å². The zero-order valence-electron chi connectivity index (χ0n) is 6.08. The van der Waals surface area contributed by atoms with E-state index in [1.54, 1.807) is 12.1 Å². The molecule has 0 aliphatic heterocycles. The molecule has 0 atom stereocenters. The summed E-state index contributed by atoms with van der Waals surface area (Å²) in [6.45, 7) is 3.52. The van der Waals surface area contributed by atoms with Gasteiger partial charge in [-0.1, -0.05) is 12.1 Å². The van der Waals surface area contributed by atoms with Gasteiger partial charge in [0.25, 0.3) is 0 Å². The van der Waals surface area contributed by atoms with E-state index in [1.165, 1.54) is 0 Å². The maximum absolute atomic E-state index is 11.1. The summed E-state index contributed by atoms with van der Waals surface area (Å²) in [6, 6.07) is 7.16. The first-order chi connectivity index (χ1) is 5.24. The van der Waals surface area contributed by atoms with Gasteiger partial charge >= 0.3 is 0 Å². The molecule has 0 unspecified atom stereocenters. The number of ketones is 1. The Morgan fingerprint density at radius 1 is 1.55 bits per heavy atom. The molecule has 0 bridgehead atoms. The average Bonchev–Trinajstić information content (AvgIpc) is 2.03. The molecule has 11 heavy (non-hydrogen) atoms. The molecule has 0 aromatic heterocycles. The summed E-state index contributed by atoms with van der Waals surface area (Å²) in [7, 11) is 0. The summed E-state index contributed by atoms with van der Waals surface area (Å²) in [5.41, 5.74) is 0.688. The van der Waals surface area contributed by atoms with E-state index in [0.29, 0.717) is 12.0 Å². The largest absolute Gasteiger partial charge is 0.294 e. The predicted molar refractivity (Wildman–Crippen MR) is 48.0 cm³/mol. The third kappa shape index (κ3) is 2.09. The van der Waals surface area contributed by atoms with E-state index in [-0.39, 0.29) is 5.78 Å². The third-order valence-electron chi connectivity index (χ3n) is 1.40. The van der Waals surface area contributed by atoms with Crippen LogP contribution in [0.2, 0.25) is 0 Å². The topological polar surface area (TPSA) is 17.1 Å². The number of carbonyl (C=O) groups is 1. The number of hydrogen-bond donors (Lipinski definition) is 1. The lowest BCUT2D eigenvalue weighted by molar-refractivity contribution is 0.0995. The van der Waals surface area contributed by atoms with Gasteiger partial charge in [0.05, 0.1) is 0 Å². The second-order valence-corrected chi connectivity index (χ2v) is 2.74. The predicted octanol–water partition coefficient (Wildman–Crippen LogP) is 2.38. The van der Waals surface area contributed by atoms with Crippen LogP contribution in [0, 0.1) is 6.92 Å². The van der Waals surface area contributed by atoms with E-state index >= 15 is 0 Å². The standard InChI is InChI=1S/C9H9OS/c1-2-9(10)7-4-3-5-8(11)6-7/h3-6,11H,1-2H2. The van der Waals surface area contributed by atoms with E-state index in [2.05, 4.69) is 19.6 Å². The van der Waals surface area contributed by atoms with E-state index in [0.717, 1.165) is 4.90 Å². The molecule has 0 spiro atoms. The molecule has 57 valence electrons. The first-order valence-corrected chi connectivity index (χ1v) is 3.80. The van der Waals surface area contributed by atoms with E-state index < -0.39 is 0 Å². The Labute approximate surface area is 71.8 Å². The molecule has 1 radical (unpaired) electrons. The van der Waals surface area contributed by atoms with Gasteiger partial charge in [0, 0.05) is 16.9 Å². The van der Waals surface area contributed by atoms with Crippen molar-refractivity contribution >= 4 is 18.4 Å². The highest BCUT2D eigenvalue weighted by atomic mass is 32.1. The van der Waals surface area contributed by atoms with Gasteiger partial charge in [-0.15, -0.1) is 12.6 Å². The van der Waals surface area contributed by atoms with Gasteiger partial charge < -0.3 is 0 Å². The maximum Gasteiger partial charge on any atom is 0.162 e. The summed E-state index contributed by atoms with van der Waals surface area (Å²) in [5.74, 6) is 0.0564. The molecule has 0 amide bonds. The second kappa shape index (κ2) is 3.58. The minimum Gasteiger partial charge on any atom is -0.294 e.